The first-order valence-corrected chi connectivity index (χ1v) is 7.25. The van der Waals surface area contributed by atoms with Crippen molar-refractivity contribution in [1.82, 2.24) is 10.2 Å². The molecule has 114 valence electrons. The van der Waals surface area contributed by atoms with Gasteiger partial charge in [0.25, 0.3) is 0 Å². The van der Waals surface area contributed by atoms with Gasteiger partial charge in [-0.2, -0.15) is 0 Å². The summed E-state index contributed by atoms with van der Waals surface area (Å²) in [5.74, 6) is -1.43. The zero-order chi connectivity index (χ0) is 15.1. The fourth-order valence-corrected chi connectivity index (χ4v) is 2.11. The van der Waals surface area contributed by atoms with Crippen LogP contribution in [-0.4, -0.2) is 48.4 Å². The Hall–Kier alpha value is -1.59. The van der Waals surface area contributed by atoms with Gasteiger partial charge in [-0.3, -0.25) is 14.4 Å². The molecule has 20 heavy (non-hydrogen) atoms. The molecule has 0 aromatic rings. The minimum Gasteiger partial charge on any atom is -0.466 e. The molecule has 0 aliphatic carbocycles. The van der Waals surface area contributed by atoms with Crippen molar-refractivity contribution in [2.75, 3.05) is 19.7 Å². The molecule has 1 atom stereocenters. The maximum atomic E-state index is 11.9. The van der Waals surface area contributed by atoms with Gasteiger partial charge in [-0.05, 0) is 33.1 Å². The summed E-state index contributed by atoms with van der Waals surface area (Å²) in [5.41, 5.74) is 0. The lowest BCUT2D eigenvalue weighted by Gasteiger charge is -2.30. The van der Waals surface area contributed by atoms with Crippen molar-refractivity contribution in [2.24, 2.45) is 5.92 Å². The number of ether oxygens (including phenoxy) is 1. The molecular formula is C14H24N2O4. The van der Waals surface area contributed by atoms with Crippen molar-refractivity contribution in [1.29, 1.82) is 0 Å². The highest BCUT2D eigenvalue weighted by molar-refractivity contribution is 6.35. The number of amides is 2. The number of carbonyl (C=O) groups excluding carboxylic acids is 3. The Morgan fingerprint density at radius 2 is 1.85 bits per heavy atom. The quantitative estimate of drug-likeness (QED) is 0.609. The Morgan fingerprint density at radius 1 is 1.25 bits per heavy atom. The van der Waals surface area contributed by atoms with Gasteiger partial charge in [0.2, 0.25) is 0 Å². The summed E-state index contributed by atoms with van der Waals surface area (Å²) < 4.78 is 4.97. The number of carbonyl (C=O) groups is 3. The van der Waals surface area contributed by atoms with E-state index in [0.717, 1.165) is 6.42 Å². The summed E-state index contributed by atoms with van der Waals surface area (Å²) in [5, 5.41) is 2.66. The van der Waals surface area contributed by atoms with Crippen molar-refractivity contribution in [3.63, 3.8) is 0 Å². The van der Waals surface area contributed by atoms with Gasteiger partial charge >= 0.3 is 17.8 Å². The molecule has 1 unspecified atom stereocenters. The van der Waals surface area contributed by atoms with Crippen LogP contribution in [-0.2, 0) is 19.1 Å². The van der Waals surface area contributed by atoms with Crippen LogP contribution in [0.2, 0.25) is 0 Å². The van der Waals surface area contributed by atoms with Gasteiger partial charge in [-0.25, -0.2) is 0 Å². The second-order valence-corrected chi connectivity index (χ2v) is 5.10. The first-order valence-electron chi connectivity index (χ1n) is 7.25. The van der Waals surface area contributed by atoms with Crippen LogP contribution in [0, 0.1) is 5.92 Å². The minimum atomic E-state index is -0.561. The lowest BCUT2D eigenvalue weighted by Crippen LogP contribution is -2.49. The third-order valence-electron chi connectivity index (χ3n) is 3.59. The first-order chi connectivity index (χ1) is 9.49. The number of nitrogens with one attached hydrogen (secondary N) is 1. The third kappa shape index (κ3) is 4.51. The number of nitrogens with zero attached hydrogens (tertiary/aromatic N) is 1. The second kappa shape index (κ2) is 7.87. The predicted octanol–water partition coefficient (Wildman–Crippen LogP) is 0.703. The monoisotopic (exact) mass is 284 g/mol. The summed E-state index contributed by atoms with van der Waals surface area (Å²) in [6.07, 6.45) is 1.90. The van der Waals surface area contributed by atoms with Crippen molar-refractivity contribution in [3.8, 4) is 0 Å². The number of likely N-dealkylation sites (tertiary alicyclic amines) is 1. The van der Waals surface area contributed by atoms with Gasteiger partial charge in [0.05, 0.1) is 12.5 Å². The highest BCUT2D eigenvalue weighted by atomic mass is 16.5. The maximum absolute atomic E-state index is 11.9. The summed E-state index contributed by atoms with van der Waals surface area (Å²) >= 11 is 0. The molecule has 1 N–H and O–H groups in total. The van der Waals surface area contributed by atoms with E-state index in [4.69, 9.17) is 4.74 Å². The summed E-state index contributed by atoms with van der Waals surface area (Å²) in [6.45, 7) is 6.80. The molecule has 1 fully saturated rings. The SMILES string of the molecule is CCOC(=O)C1CCN(C(=O)C(=O)NC(C)CC)CC1. The Morgan fingerprint density at radius 3 is 2.35 bits per heavy atom. The van der Waals surface area contributed by atoms with Crippen LogP contribution in [0.25, 0.3) is 0 Å². The smallest absolute Gasteiger partial charge is 0.311 e. The molecule has 6 nitrogen and oxygen atoms in total. The lowest BCUT2D eigenvalue weighted by atomic mass is 9.97. The average molecular weight is 284 g/mol. The highest BCUT2D eigenvalue weighted by Crippen LogP contribution is 2.18. The molecule has 1 saturated heterocycles. The first kappa shape index (κ1) is 16.5. The second-order valence-electron chi connectivity index (χ2n) is 5.10. The van der Waals surface area contributed by atoms with Crippen LogP contribution in [0.15, 0.2) is 0 Å². The molecule has 0 aromatic heterocycles. The van der Waals surface area contributed by atoms with Gasteiger partial charge in [0.1, 0.15) is 0 Å². The van der Waals surface area contributed by atoms with Crippen LogP contribution >= 0.6 is 0 Å². The minimum absolute atomic E-state index is 0.0106. The van der Waals surface area contributed by atoms with E-state index in [-0.39, 0.29) is 17.9 Å². The van der Waals surface area contributed by atoms with Crippen LogP contribution in [0.1, 0.15) is 40.0 Å². The Labute approximate surface area is 119 Å². The van der Waals surface area contributed by atoms with Gasteiger partial charge in [-0.1, -0.05) is 6.92 Å². The molecule has 1 aliphatic rings. The van der Waals surface area contributed by atoms with Gasteiger partial charge < -0.3 is 15.0 Å². The number of hydrogen-bond acceptors (Lipinski definition) is 4. The standard InChI is InChI=1S/C14H24N2O4/c1-4-10(3)15-12(17)13(18)16-8-6-11(7-9-16)14(19)20-5-2/h10-11H,4-9H2,1-3H3,(H,15,17). The van der Waals surface area contributed by atoms with Crippen LogP contribution < -0.4 is 5.32 Å². The van der Waals surface area contributed by atoms with Crippen LogP contribution in [0.5, 0.6) is 0 Å². The lowest BCUT2D eigenvalue weighted by molar-refractivity contribution is -0.152. The van der Waals surface area contributed by atoms with Crippen LogP contribution in [0.4, 0.5) is 0 Å². The number of piperidine rings is 1. The van der Waals surface area contributed by atoms with E-state index in [1.165, 1.54) is 4.90 Å². The Balaban J connectivity index is 2.42. The van der Waals surface area contributed by atoms with E-state index in [1.807, 2.05) is 13.8 Å². The summed E-state index contributed by atoms with van der Waals surface area (Å²) in [6, 6.07) is -0.0106. The van der Waals surface area contributed by atoms with E-state index >= 15 is 0 Å². The zero-order valence-corrected chi connectivity index (χ0v) is 12.5. The molecule has 6 heteroatoms. The van der Waals surface area contributed by atoms with Crippen molar-refractivity contribution in [2.45, 2.75) is 46.1 Å². The normalized spacial score (nSPS) is 17.4. The fourth-order valence-electron chi connectivity index (χ4n) is 2.11. The Bertz CT molecular complexity index is 362. The van der Waals surface area contributed by atoms with E-state index < -0.39 is 11.8 Å². The van der Waals surface area contributed by atoms with E-state index in [2.05, 4.69) is 5.32 Å². The summed E-state index contributed by atoms with van der Waals surface area (Å²) in [7, 11) is 0. The average Bonchev–Trinajstić information content (AvgIpc) is 2.46. The number of esters is 1. The topological polar surface area (TPSA) is 75.7 Å². The largest absolute Gasteiger partial charge is 0.466 e. The molecule has 0 saturated carbocycles. The highest BCUT2D eigenvalue weighted by Gasteiger charge is 2.30. The van der Waals surface area contributed by atoms with E-state index in [9.17, 15) is 14.4 Å². The van der Waals surface area contributed by atoms with Crippen LogP contribution in [0.3, 0.4) is 0 Å². The van der Waals surface area contributed by atoms with Crippen molar-refractivity contribution < 1.29 is 19.1 Å². The molecule has 2 amide bonds. The molecule has 1 aliphatic heterocycles. The fraction of sp³-hybridized carbons (Fsp3) is 0.786. The van der Waals surface area contributed by atoms with Gasteiger partial charge in [0.15, 0.2) is 0 Å². The zero-order valence-electron chi connectivity index (χ0n) is 12.5. The van der Waals surface area contributed by atoms with E-state index in [0.29, 0.717) is 32.5 Å². The molecule has 0 bridgehead atoms. The molecular weight excluding hydrogens is 260 g/mol. The number of hydrogen-bond donors (Lipinski definition) is 1. The summed E-state index contributed by atoms with van der Waals surface area (Å²) in [4.78, 5) is 36.8. The number of rotatable bonds is 4. The molecule has 1 heterocycles. The maximum Gasteiger partial charge on any atom is 0.311 e. The molecule has 0 aromatic carbocycles. The Kier molecular flexibility index (Phi) is 6.48. The van der Waals surface area contributed by atoms with E-state index in [1.54, 1.807) is 6.92 Å². The molecule has 0 radical (unpaired) electrons. The predicted molar refractivity (Wildman–Crippen MR) is 73.8 cm³/mol. The van der Waals surface area contributed by atoms with Crippen molar-refractivity contribution in [3.05, 3.63) is 0 Å². The van der Waals surface area contributed by atoms with Crippen molar-refractivity contribution >= 4 is 17.8 Å². The van der Waals surface area contributed by atoms with Gasteiger partial charge in [0, 0.05) is 19.1 Å². The molecule has 0 spiro atoms. The van der Waals surface area contributed by atoms with Gasteiger partial charge in [-0.15, -0.1) is 0 Å². The molecule has 1 rings (SSSR count). The third-order valence-corrected chi connectivity index (χ3v) is 3.59.